The first kappa shape index (κ1) is 17.8. The van der Waals surface area contributed by atoms with Crippen molar-refractivity contribution < 1.29 is 17.9 Å². The molecule has 2 aliphatic heterocycles. The van der Waals surface area contributed by atoms with Gasteiger partial charge in [-0.05, 0) is 18.2 Å². The second-order valence-corrected chi connectivity index (χ2v) is 9.45. The normalized spacial score (nSPS) is 26.6. The van der Waals surface area contributed by atoms with Crippen LogP contribution in [0.1, 0.15) is 0 Å². The van der Waals surface area contributed by atoms with Crippen LogP contribution in [0.2, 0.25) is 5.02 Å². The van der Waals surface area contributed by atoms with E-state index in [0.29, 0.717) is 21.6 Å². The number of hydrogen-bond donors (Lipinski definition) is 0. The first-order valence-electron chi connectivity index (χ1n) is 7.02. The van der Waals surface area contributed by atoms with Crippen LogP contribution in [0.15, 0.2) is 23.2 Å². The van der Waals surface area contributed by atoms with Crippen molar-refractivity contribution in [1.82, 2.24) is 0 Å². The van der Waals surface area contributed by atoms with Crippen molar-refractivity contribution in [3.05, 3.63) is 23.2 Å². The Labute approximate surface area is 154 Å². The molecule has 2 aliphatic rings. The molecule has 2 fully saturated rings. The van der Waals surface area contributed by atoms with E-state index in [1.54, 1.807) is 23.1 Å². The van der Waals surface area contributed by atoms with Crippen molar-refractivity contribution in [2.45, 2.75) is 11.3 Å². The largest absolute Gasteiger partial charge is 0.495 e. The topological polar surface area (TPSA) is 76.0 Å². The maximum Gasteiger partial charge on any atom is 0.262 e. The van der Waals surface area contributed by atoms with Crippen LogP contribution in [0.5, 0.6) is 5.75 Å². The van der Waals surface area contributed by atoms with E-state index in [1.807, 2.05) is 0 Å². The fourth-order valence-corrected chi connectivity index (χ4v) is 7.05. The van der Waals surface area contributed by atoms with Crippen LogP contribution >= 0.6 is 35.0 Å². The van der Waals surface area contributed by atoms with Crippen LogP contribution < -0.4 is 9.64 Å². The van der Waals surface area contributed by atoms with Crippen molar-refractivity contribution in [3.8, 4) is 5.75 Å². The number of hydrogen-bond acceptors (Lipinski definition) is 5. The van der Waals surface area contributed by atoms with Gasteiger partial charge in [-0.3, -0.25) is 4.79 Å². The molecule has 10 heteroatoms. The van der Waals surface area contributed by atoms with Gasteiger partial charge in [0, 0.05) is 10.9 Å². The van der Waals surface area contributed by atoms with Gasteiger partial charge in [-0.25, -0.2) is 8.42 Å². The Balaban J connectivity index is 2.03. The molecule has 0 spiro atoms. The van der Waals surface area contributed by atoms with E-state index in [0.717, 1.165) is 0 Å². The van der Waals surface area contributed by atoms with E-state index in [2.05, 4.69) is 4.99 Å². The van der Waals surface area contributed by atoms with Crippen LogP contribution in [-0.2, 0) is 14.6 Å². The molecule has 0 saturated carbocycles. The zero-order valence-corrected chi connectivity index (χ0v) is 15.8. The van der Waals surface area contributed by atoms with Crippen molar-refractivity contribution in [2.24, 2.45) is 4.99 Å². The van der Waals surface area contributed by atoms with Gasteiger partial charge in [0.1, 0.15) is 11.6 Å². The van der Waals surface area contributed by atoms with E-state index in [-0.39, 0.29) is 28.7 Å². The fourth-order valence-electron chi connectivity index (χ4n) is 2.81. The highest BCUT2D eigenvalue weighted by Gasteiger charge is 2.49. The molecule has 0 N–H and O–H groups in total. The summed E-state index contributed by atoms with van der Waals surface area (Å²) in [6.07, 6.45) is 0. The number of aliphatic imine (C=N–C) groups is 1. The second-order valence-electron chi connectivity index (χ2n) is 5.41. The molecule has 0 bridgehead atoms. The summed E-state index contributed by atoms with van der Waals surface area (Å²) in [4.78, 5) is 17.4. The van der Waals surface area contributed by atoms with Gasteiger partial charge in [-0.1, -0.05) is 23.4 Å². The van der Waals surface area contributed by atoms with Gasteiger partial charge in [-0.15, -0.1) is 11.6 Å². The minimum atomic E-state index is -3.11. The number of thioether (sulfide) groups is 1. The highest BCUT2D eigenvalue weighted by Crippen LogP contribution is 2.42. The average Bonchev–Trinajstić information content (AvgIpc) is 2.97. The van der Waals surface area contributed by atoms with Gasteiger partial charge in [0.15, 0.2) is 15.0 Å². The summed E-state index contributed by atoms with van der Waals surface area (Å²) < 4.78 is 29.1. The van der Waals surface area contributed by atoms with E-state index in [9.17, 15) is 13.2 Å². The molecular weight excluding hydrogens is 395 g/mol. The van der Waals surface area contributed by atoms with Crippen LogP contribution in [0.4, 0.5) is 5.69 Å². The number of ether oxygens (including phenoxy) is 1. The monoisotopic (exact) mass is 408 g/mol. The summed E-state index contributed by atoms with van der Waals surface area (Å²) in [5.74, 6) is -0.0986. The first-order chi connectivity index (χ1) is 11.3. The number of fused-ring (bicyclic) bond motifs is 1. The molecule has 0 radical (unpaired) electrons. The van der Waals surface area contributed by atoms with Gasteiger partial charge >= 0.3 is 0 Å². The molecule has 1 aromatic carbocycles. The quantitative estimate of drug-likeness (QED) is 0.713. The summed E-state index contributed by atoms with van der Waals surface area (Å²) in [6, 6.07) is 4.85. The predicted octanol–water partition coefficient (Wildman–Crippen LogP) is 2.19. The first-order valence-corrected chi connectivity index (χ1v) is 10.6. The maximum atomic E-state index is 12.0. The SMILES string of the molecule is COc1ccc(N2C(=NC(=O)CCl)S[C@H]3CS(=O)(=O)C[C@@H]32)cc1Cl. The minimum absolute atomic E-state index is 0.0163. The van der Waals surface area contributed by atoms with Crippen LogP contribution in [0.25, 0.3) is 0 Å². The minimum Gasteiger partial charge on any atom is -0.495 e. The van der Waals surface area contributed by atoms with Crippen LogP contribution in [-0.4, -0.2) is 55.3 Å². The van der Waals surface area contributed by atoms with Crippen molar-refractivity contribution >= 4 is 61.6 Å². The molecule has 2 saturated heterocycles. The molecule has 1 amide bonds. The number of amidine groups is 1. The molecule has 130 valence electrons. The number of methoxy groups -OCH3 is 1. The average molecular weight is 409 g/mol. The number of anilines is 1. The Morgan fingerprint density at radius 1 is 1.46 bits per heavy atom. The third-order valence-electron chi connectivity index (χ3n) is 3.81. The summed E-state index contributed by atoms with van der Waals surface area (Å²) in [5, 5.41) is 0.678. The Bertz CT molecular complexity index is 813. The van der Waals surface area contributed by atoms with Crippen molar-refractivity contribution in [2.75, 3.05) is 29.4 Å². The lowest BCUT2D eigenvalue weighted by atomic mass is 10.2. The van der Waals surface area contributed by atoms with Gasteiger partial charge in [0.25, 0.3) is 5.91 Å². The lowest BCUT2D eigenvalue weighted by Gasteiger charge is -2.25. The Morgan fingerprint density at radius 2 is 2.21 bits per heavy atom. The molecule has 6 nitrogen and oxygen atoms in total. The molecule has 2 heterocycles. The Hall–Kier alpha value is -0.960. The summed E-state index contributed by atoms with van der Waals surface area (Å²) in [7, 11) is -1.60. The van der Waals surface area contributed by atoms with E-state index in [4.69, 9.17) is 27.9 Å². The number of halogens is 2. The Kier molecular flexibility index (Phi) is 5.01. The number of amides is 1. The van der Waals surface area contributed by atoms with E-state index >= 15 is 0 Å². The standard InChI is InChI=1S/C14H14Cl2N2O4S2/c1-22-11-3-2-8(4-9(11)16)18-10-6-24(20,21)7-12(10)23-14(18)17-13(19)5-15/h2-4,10,12H,5-7H2,1H3/t10-,12-/m0/s1. The van der Waals surface area contributed by atoms with Gasteiger partial charge < -0.3 is 9.64 Å². The highest BCUT2D eigenvalue weighted by atomic mass is 35.5. The molecule has 3 rings (SSSR count). The third-order valence-corrected chi connectivity index (χ3v) is 7.55. The van der Waals surface area contributed by atoms with Gasteiger partial charge in [0.05, 0.1) is 29.7 Å². The summed E-state index contributed by atoms with van der Waals surface area (Å²) >= 11 is 13.0. The Morgan fingerprint density at radius 3 is 2.83 bits per heavy atom. The van der Waals surface area contributed by atoms with E-state index in [1.165, 1.54) is 18.9 Å². The number of benzene rings is 1. The number of carbonyl (C=O) groups excluding carboxylic acids is 1. The number of carbonyl (C=O) groups is 1. The number of nitrogens with zero attached hydrogens (tertiary/aromatic N) is 2. The smallest absolute Gasteiger partial charge is 0.262 e. The zero-order chi connectivity index (χ0) is 17.5. The summed E-state index contributed by atoms with van der Waals surface area (Å²) in [5.41, 5.74) is 0.666. The van der Waals surface area contributed by atoms with Crippen molar-refractivity contribution in [1.29, 1.82) is 0 Å². The molecule has 0 aromatic heterocycles. The summed E-state index contributed by atoms with van der Waals surface area (Å²) in [6.45, 7) is 0. The maximum absolute atomic E-state index is 12.0. The highest BCUT2D eigenvalue weighted by molar-refractivity contribution is 8.16. The number of alkyl halides is 1. The number of rotatable bonds is 3. The molecule has 0 unspecified atom stereocenters. The lowest BCUT2D eigenvalue weighted by Crippen LogP contribution is -2.37. The molecule has 24 heavy (non-hydrogen) atoms. The van der Waals surface area contributed by atoms with Gasteiger partial charge in [0.2, 0.25) is 0 Å². The number of sulfone groups is 1. The molecule has 1 aromatic rings. The van der Waals surface area contributed by atoms with Crippen LogP contribution in [0.3, 0.4) is 0 Å². The van der Waals surface area contributed by atoms with Crippen LogP contribution in [0, 0.1) is 0 Å². The zero-order valence-electron chi connectivity index (χ0n) is 12.6. The third kappa shape index (κ3) is 3.37. The van der Waals surface area contributed by atoms with Crippen molar-refractivity contribution in [3.63, 3.8) is 0 Å². The van der Waals surface area contributed by atoms with E-state index < -0.39 is 15.7 Å². The second kappa shape index (κ2) is 6.74. The van der Waals surface area contributed by atoms with Gasteiger partial charge in [-0.2, -0.15) is 4.99 Å². The predicted molar refractivity (Wildman–Crippen MR) is 97.5 cm³/mol. The molecular formula is C14H14Cl2N2O4S2. The lowest BCUT2D eigenvalue weighted by molar-refractivity contribution is -0.115. The fraction of sp³-hybridized carbons (Fsp3) is 0.429. The molecule has 2 atom stereocenters. The molecule has 0 aliphatic carbocycles.